The number of pyridine rings is 2. The van der Waals surface area contributed by atoms with Crippen molar-refractivity contribution < 1.29 is 0 Å². The number of hydrogen-bond donors (Lipinski definition) is 0. The minimum Gasteiger partial charge on any atom is -0.244 e. The van der Waals surface area contributed by atoms with Crippen molar-refractivity contribution in [1.29, 1.82) is 0 Å². The standard InChI is InChI=1S/2C13H9N3.2ClH/c2*1-2-4-10(5-3-1)11-6-12-7-14-9-16-13(12)15-8-11;;/h2*1-9H;2*1H. The van der Waals surface area contributed by atoms with Gasteiger partial charge < -0.3 is 0 Å². The maximum Gasteiger partial charge on any atom is 0.162 e. The van der Waals surface area contributed by atoms with Gasteiger partial charge in [0.05, 0.1) is 0 Å². The number of benzene rings is 2. The molecule has 0 fully saturated rings. The molecule has 4 heterocycles. The average molecular weight is 487 g/mol. The highest BCUT2D eigenvalue weighted by atomic mass is 35.5. The van der Waals surface area contributed by atoms with Crippen LogP contribution in [0.25, 0.3) is 44.3 Å². The van der Waals surface area contributed by atoms with E-state index in [1.807, 2.05) is 48.8 Å². The lowest BCUT2D eigenvalue weighted by Gasteiger charge is -2.01. The van der Waals surface area contributed by atoms with Crippen LogP contribution in [0.3, 0.4) is 0 Å². The van der Waals surface area contributed by atoms with E-state index in [4.69, 9.17) is 0 Å². The van der Waals surface area contributed by atoms with Crippen molar-refractivity contribution in [2.45, 2.75) is 0 Å². The zero-order chi connectivity index (χ0) is 21.6. The van der Waals surface area contributed by atoms with Gasteiger partial charge in [-0.15, -0.1) is 24.8 Å². The summed E-state index contributed by atoms with van der Waals surface area (Å²) in [5.41, 5.74) is 5.94. The molecule has 4 aromatic heterocycles. The lowest BCUT2D eigenvalue weighted by atomic mass is 10.1. The molecule has 0 N–H and O–H groups in total. The molecule has 0 saturated carbocycles. The second kappa shape index (κ2) is 11.7. The second-order valence-electron chi connectivity index (χ2n) is 7.05. The monoisotopic (exact) mass is 486 g/mol. The molecule has 6 rings (SSSR count). The molecule has 6 nitrogen and oxygen atoms in total. The van der Waals surface area contributed by atoms with Crippen LogP contribution >= 0.6 is 24.8 Å². The van der Waals surface area contributed by atoms with Crippen LogP contribution in [0, 0.1) is 0 Å². The molecule has 0 amide bonds. The molecule has 34 heavy (non-hydrogen) atoms. The highest BCUT2D eigenvalue weighted by Gasteiger charge is 2.01. The highest BCUT2D eigenvalue weighted by Crippen LogP contribution is 2.21. The maximum absolute atomic E-state index is 4.31. The van der Waals surface area contributed by atoms with E-state index >= 15 is 0 Å². The largest absolute Gasteiger partial charge is 0.244 e. The summed E-state index contributed by atoms with van der Waals surface area (Å²) in [7, 11) is 0. The fourth-order valence-corrected chi connectivity index (χ4v) is 3.34. The van der Waals surface area contributed by atoms with Gasteiger partial charge in [0.1, 0.15) is 12.7 Å². The zero-order valence-corrected chi connectivity index (χ0v) is 19.5. The third-order valence-electron chi connectivity index (χ3n) is 4.93. The lowest BCUT2D eigenvalue weighted by molar-refractivity contribution is 1.18. The SMILES string of the molecule is Cl.Cl.c1ccc(-c2cnc3ncncc3c2)cc1.c1ccc(-c2cnc3ncncc3c2)cc1. The zero-order valence-electron chi connectivity index (χ0n) is 17.9. The van der Waals surface area contributed by atoms with Crippen LogP contribution in [-0.4, -0.2) is 29.9 Å². The van der Waals surface area contributed by atoms with Crippen LogP contribution in [0.4, 0.5) is 0 Å². The predicted molar refractivity (Wildman–Crippen MR) is 140 cm³/mol. The summed E-state index contributed by atoms with van der Waals surface area (Å²) in [6.45, 7) is 0. The van der Waals surface area contributed by atoms with Crippen molar-refractivity contribution in [3.63, 3.8) is 0 Å². The van der Waals surface area contributed by atoms with Crippen LogP contribution in [0.5, 0.6) is 0 Å². The summed E-state index contributed by atoms with van der Waals surface area (Å²) >= 11 is 0. The Morgan fingerprint density at radius 1 is 0.412 bits per heavy atom. The average Bonchev–Trinajstić information content (AvgIpc) is 2.89. The summed E-state index contributed by atoms with van der Waals surface area (Å²) in [4.78, 5) is 24.8. The summed E-state index contributed by atoms with van der Waals surface area (Å²) in [5, 5.41) is 1.92. The molecule has 6 aromatic rings. The molecular weight excluding hydrogens is 467 g/mol. The molecule has 0 saturated heterocycles. The Morgan fingerprint density at radius 3 is 1.24 bits per heavy atom. The van der Waals surface area contributed by atoms with Gasteiger partial charge in [0, 0.05) is 46.7 Å². The lowest BCUT2D eigenvalue weighted by Crippen LogP contribution is -1.86. The van der Waals surface area contributed by atoms with Crippen LogP contribution in [0.15, 0.2) is 110 Å². The van der Waals surface area contributed by atoms with E-state index in [9.17, 15) is 0 Å². The van der Waals surface area contributed by atoms with E-state index in [1.165, 1.54) is 12.7 Å². The Morgan fingerprint density at radius 2 is 0.824 bits per heavy atom. The van der Waals surface area contributed by atoms with Crippen LogP contribution in [0.2, 0.25) is 0 Å². The van der Waals surface area contributed by atoms with Gasteiger partial charge >= 0.3 is 0 Å². The van der Waals surface area contributed by atoms with E-state index in [-0.39, 0.29) is 24.8 Å². The Labute approximate surface area is 209 Å². The molecule has 0 aliphatic carbocycles. The number of rotatable bonds is 2. The van der Waals surface area contributed by atoms with E-state index in [1.54, 1.807) is 12.4 Å². The number of halogens is 2. The summed E-state index contributed by atoms with van der Waals surface area (Å²) < 4.78 is 0. The van der Waals surface area contributed by atoms with Gasteiger partial charge in [-0.2, -0.15) is 0 Å². The number of hydrogen-bond acceptors (Lipinski definition) is 6. The molecule has 0 spiro atoms. The quantitative estimate of drug-likeness (QED) is 0.288. The third-order valence-corrected chi connectivity index (χ3v) is 4.93. The summed E-state index contributed by atoms with van der Waals surface area (Å²) in [6.07, 6.45) is 10.3. The number of nitrogens with zero attached hydrogens (tertiary/aromatic N) is 6. The van der Waals surface area contributed by atoms with E-state index < -0.39 is 0 Å². The molecule has 2 aromatic carbocycles. The number of aromatic nitrogens is 6. The highest BCUT2D eigenvalue weighted by molar-refractivity contribution is 5.85. The van der Waals surface area contributed by atoms with Crippen LogP contribution in [0.1, 0.15) is 0 Å². The summed E-state index contributed by atoms with van der Waals surface area (Å²) in [6, 6.07) is 24.4. The van der Waals surface area contributed by atoms with Gasteiger partial charge in [0.2, 0.25) is 0 Å². The Bertz CT molecular complexity index is 1370. The van der Waals surface area contributed by atoms with Crippen molar-refractivity contribution in [3.05, 3.63) is 110 Å². The van der Waals surface area contributed by atoms with Gasteiger partial charge in [0.15, 0.2) is 11.3 Å². The smallest absolute Gasteiger partial charge is 0.162 e. The predicted octanol–water partition coefficient (Wildman–Crippen LogP) is 6.23. The van der Waals surface area contributed by atoms with Crippen molar-refractivity contribution >= 4 is 46.9 Å². The molecule has 0 radical (unpaired) electrons. The van der Waals surface area contributed by atoms with Gasteiger partial charge in [-0.05, 0) is 23.3 Å². The fourth-order valence-electron chi connectivity index (χ4n) is 3.34. The van der Waals surface area contributed by atoms with E-state index in [0.29, 0.717) is 0 Å². The molecule has 0 atom stereocenters. The second-order valence-corrected chi connectivity index (χ2v) is 7.05. The molecule has 0 unspecified atom stereocenters. The Kier molecular flexibility index (Phi) is 8.51. The van der Waals surface area contributed by atoms with Crippen molar-refractivity contribution in [2.24, 2.45) is 0 Å². The molecule has 0 aliphatic heterocycles. The van der Waals surface area contributed by atoms with Crippen molar-refractivity contribution in [2.75, 3.05) is 0 Å². The van der Waals surface area contributed by atoms with Gasteiger partial charge in [0.25, 0.3) is 0 Å². The Hall–Kier alpha value is -4.00. The number of fused-ring (bicyclic) bond motifs is 2. The fraction of sp³-hybridized carbons (Fsp3) is 0. The molecule has 168 valence electrons. The Balaban J connectivity index is 0.000000180. The summed E-state index contributed by atoms with van der Waals surface area (Å²) in [5.74, 6) is 0. The first-order valence-corrected chi connectivity index (χ1v) is 10.1. The minimum absolute atomic E-state index is 0. The van der Waals surface area contributed by atoms with Crippen molar-refractivity contribution in [1.82, 2.24) is 29.9 Å². The van der Waals surface area contributed by atoms with E-state index in [0.717, 1.165) is 44.3 Å². The minimum atomic E-state index is 0. The van der Waals surface area contributed by atoms with Gasteiger partial charge in [-0.25, -0.2) is 29.9 Å². The third kappa shape index (κ3) is 5.67. The molecule has 0 aliphatic rings. The first-order chi connectivity index (χ1) is 15.9. The molecule has 0 bridgehead atoms. The normalized spacial score (nSPS) is 9.88. The van der Waals surface area contributed by atoms with Crippen LogP contribution in [-0.2, 0) is 0 Å². The molecule has 8 heteroatoms. The van der Waals surface area contributed by atoms with Gasteiger partial charge in [-0.1, -0.05) is 60.7 Å². The topological polar surface area (TPSA) is 77.3 Å². The van der Waals surface area contributed by atoms with Gasteiger partial charge in [-0.3, -0.25) is 0 Å². The van der Waals surface area contributed by atoms with Crippen molar-refractivity contribution in [3.8, 4) is 22.3 Å². The first-order valence-electron chi connectivity index (χ1n) is 10.1. The maximum atomic E-state index is 4.31. The first kappa shape index (κ1) is 24.6. The van der Waals surface area contributed by atoms with E-state index in [2.05, 4.69) is 66.3 Å². The van der Waals surface area contributed by atoms with Crippen LogP contribution < -0.4 is 0 Å². The molecular formula is C26H20Cl2N6.